The summed E-state index contributed by atoms with van der Waals surface area (Å²) in [6.07, 6.45) is 3.74. The van der Waals surface area contributed by atoms with Gasteiger partial charge >= 0.3 is 5.63 Å². The summed E-state index contributed by atoms with van der Waals surface area (Å²) >= 11 is 1.48. The number of nitrogens with zero attached hydrogens (tertiary/aromatic N) is 1. The Bertz CT molecular complexity index is 936. The number of aryl methyl sites for hydroxylation is 1. The number of hydrogen-bond donors (Lipinski definition) is 2. The minimum Gasteiger partial charge on any atom is -0.491 e. The third-order valence-electron chi connectivity index (χ3n) is 4.31. The molecule has 2 aromatic heterocycles. The van der Waals surface area contributed by atoms with E-state index in [1.807, 2.05) is 17.5 Å². The Hall–Kier alpha value is -2.38. The Morgan fingerprint density at radius 1 is 1.36 bits per heavy atom. The third-order valence-corrected chi connectivity index (χ3v) is 5.04. The topological polar surface area (TPSA) is 84.6 Å². The van der Waals surface area contributed by atoms with Crippen molar-refractivity contribution < 1.29 is 14.3 Å². The summed E-state index contributed by atoms with van der Waals surface area (Å²) in [5, 5.41) is 16.7. The van der Waals surface area contributed by atoms with E-state index in [9.17, 15) is 9.90 Å². The van der Waals surface area contributed by atoms with E-state index >= 15 is 0 Å². The van der Waals surface area contributed by atoms with Crippen molar-refractivity contribution in [1.82, 2.24) is 4.98 Å². The highest BCUT2D eigenvalue weighted by Gasteiger charge is 2.19. The van der Waals surface area contributed by atoms with Crippen LogP contribution < -0.4 is 15.7 Å². The Balaban J connectivity index is 1.43. The van der Waals surface area contributed by atoms with Gasteiger partial charge in [0.2, 0.25) is 0 Å². The summed E-state index contributed by atoms with van der Waals surface area (Å²) in [6, 6.07) is 5.50. The van der Waals surface area contributed by atoms with Gasteiger partial charge in [-0.05, 0) is 37.0 Å². The Kier molecular flexibility index (Phi) is 4.42. The molecule has 0 bridgehead atoms. The van der Waals surface area contributed by atoms with Gasteiger partial charge in [-0.3, -0.25) is 0 Å². The molecule has 1 aromatic carbocycles. The number of benzene rings is 1. The normalized spacial score (nSPS) is 14.4. The zero-order chi connectivity index (χ0) is 17.2. The lowest BCUT2D eigenvalue weighted by Gasteiger charge is -2.13. The second kappa shape index (κ2) is 6.85. The highest BCUT2D eigenvalue weighted by molar-refractivity contribution is 7.13. The number of hydrogen-bond acceptors (Lipinski definition) is 7. The monoisotopic (exact) mass is 358 g/mol. The van der Waals surface area contributed by atoms with E-state index in [0.29, 0.717) is 17.9 Å². The fourth-order valence-electron chi connectivity index (χ4n) is 3.12. The summed E-state index contributed by atoms with van der Waals surface area (Å²) < 4.78 is 11.1. The van der Waals surface area contributed by atoms with Crippen molar-refractivity contribution in [1.29, 1.82) is 0 Å². The Morgan fingerprint density at radius 3 is 3.08 bits per heavy atom. The number of aliphatic hydroxyl groups is 1. The maximum atomic E-state index is 12.0. The van der Waals surface area contributed by atoms with Crippen molar-refractivity contribution >= 4 is 27.4 Å². The summed E-state index contributed by atoms with van der Waals surface area (Å²) in [4.78, 5) is 16.1. The van der Waals surface area contributed by atoms with Gasteiger partial charge in [-0.15, -0.1) is 11.3 Å². The van der Waals surface area contributed by atoms with E-state index in [-0.39, 0.29) is 12.2 Å². The van der Waals surface area contributed by atoms with Gasteiger partial charge in [-0.1, -0.05) is 0 Å². The number of rotatable bonds is 6. The van der Waals surface area contributed by atoms with Gasteiger partial charge < -0.3 is 19.6 Å². The highest BCUT2D eigenvalue weighted by atomic mass is 32.1. The Labute approximate surface area is 148 Å². The minimum absolute atomic E-state index is 0.138. The van der Waals surface area contributed by atoms with E-state index in [0.717, 1.165) is 40.9 Å². The number of nitrogens with one attached hydrogen (secondary N) is 1. The van der Waals surface area contributed by atoms with Gasteiger partial charge in [0.1, 0.15) is 24.0 Å². The predicted molar refractivity (Wildman–Crippen MR) is 96.6 cm³/mol. The highest BCUT2D eigenvalue weighted by Crippen LogP contribution is 2.29. The molecule has 0 fully saturated rings. The molecule has 0 radical (unpaired) electrons. The van der Waals surface area contributed by atoms with Crippen LogP contribution in [0.15, 0.2) is 39.0 Å². The van der Waals surface area contributed by atoms with Crippen LogP contribution in [0.4, 0.5) is 5.13 Å². The number of anilines is 1. The average molecular weight is 358 g/mol. The third kappa shape index (κ3) is 3.38. The van der Waals surface area contributed by atoms with Crippen LogP contribution in [0.1, 0.15) is 17.5 Å². The van der Waals surface area contributed by atoms with Crippen LogP contribution in [-0.4, -0.2) is 29.3 Å². The maximum absolute atomic E-state index is 12.0. The summed E-state index contributed by atoms with van der Waals surface area (Å²) in [6.45, 7) is 0.489. The van der Waals surface area contributed by atoms with Crippen molar-refractivity contribution in [2.45, 2.75) is 25.4 Å². The number of aromatic nitrogens is 1. The molecule has 0 spiro atoms. The molecule has 3 aromatic rings. The van der Waals surface area contributed by atoms with Crippen molar-refractivity contribution in [2.24, 2.45) is 0 Å². The molecule has 0 saturated heterocycles. The van der Waals surface area contributed by atoms with Crippen LogP contribution >= 0.6 is 11.3 Å². The fraction of sp³-hybridized carbons (Fsp3) is 0.333. The largest absolute Gasteiger partial charge is 0.491 e. The number of fused-ring (bicyclic) bond motifs is 3. The van der Waals surface area contributed by atoms with Crippen LogP contribution in [0.3, 0.4) is 0 Å². The molecule has 130 valence electrons. The smallest absolute Gasteiger partial charge is 0.339 e. The maximum Gasteiger partial charge on any atom is 0.339 e. The average Bonchev–Trinajstić information content (AvgIpc) is 3.29. The summed E-state index contributed by atoms with van der Waals surface area (Å²) in [5.74, 6) is 0.571. The van der Waals surface area contributed by atoms with Gasteiger partial charge in [0.05, 0.1) is 0 Å². The van der Waals surface area contributed by atoms with E-state index in [1.54, 1.807) is 12.3 Å². The van der Waals surface area contributed by atoms with Crippen molar-refractivity contribution in [3.63, 3.8) is 0 Å². The molecule has 0 saturated carbocycles. The molecule has 2 N–H and O–H groups in total. The first-order valence-electron chi connectivity index (χ1n) is 8.23. The zero-order valence-electron chi connectivity index (χ0n) is 13.5. The quantitative estimate of drug-likeness (QED) is 0.659. The molecule has 25 heavy (non-hydrogen) atoms. The van der Waals surface area contributed by atoms with E-state index in [4.69, 9.17) is 9.15 Å². The number of ether oxygens (including phenoxy) is 1. The van der Waals surface area contributed by atoms with Crippen LogP contribution in [0, 0.1) is 0 Å². The number of thiazole rings is 1. The molecule has 0 amide bonds. The van der Waals surface area contributed by atoms with E-state index in [2.05, 4.69) is 10.3 Å². The molecule has 0 aliphatic heterocycles. The van der Waals surface area contributed by atoms with Crippen LogP contribution in [0.2, 0.25) is 0 Å². The van der Waals surface area contributed by atoms with Gasteiger partial charge in [-0.2, -0.15) is 0 Å². The van der Waals surface area contributed by atoms with Crippen LogP contribution in [0.25, 0.3) is 11.0 Å². The molecule has 1 atom stereocenters. The van der Waals surface area contributed by atoms with Gasteiger partial charge in [0.25, 0.3) is 0 Å². The summed E-state index contributed by atoms with van der Waals surface area (Å²) in [7, 11) is 0. The molecule has 1 unspecified atom stereocenters. The molecule has 7 heteroatoms. The lowest BCUT2D eigenvalue weighted by atomic mass is 10.1. The SMILES string of the molecule is O=c1oc2cc(OCC(O)CNc3nccs3)ccc2c2c1CCC2. The van der Waals surface area contributed by atoms with Crippen molar-refractivity contribution in [2.75, 3.05) is 18.5 Å². The van der Waals surface area contributed by atoms with Gasteiger partial charge in [0.15, 0.2) is 5.13 Å². The molecule has 6 nitrogen and oxygen atoms in total. The first-order chi connectivity index (χ1) is 12.2. The molecule has 4 rings (SSSR count). The standard InChI is InChI=1S/C18H18N2O4S/c21-11(9-20-18-19-6-7-25-18)10-23-12-4-5-14-13-2-1-3-15(13)17(22)24-16(14)8-12/h4-8,11,21H,1-3,9-10H2,(H,19,20). The molecular weight excluding hydrogens is 340 g/mol. The first-order valence-corrected chi connectivity index (χ1v) is 9.11. The molecule has 1 aliphatic rings. The van der Waals surface area contributed by atoms with Crippen molar-refractivity contribution in [3.8, 4) is 5.75 Å². The zero-order valence-corrected chi connectivity index (χ0v) is 14.3. The lowest BCUT2D eigenvalue weighted by molar-refractivity contribution is 0.117. The predicted octanol–water partition coefficient (Wildman–Crippen LogP) is 2.59. The van der Waals surface area contributed by atoms with Crippen LogP contribution in [0.5, 0.6) is 5.75 Å². The minimum atomic E-state index is -0.674. The molecule has 1 aliphatic carbocycles. The molecule has 2 heterocycles. The van der Waals surface area contributed by atoms with E-state index < -0.39 is 6.10 Å². The van der Waals surface area contributed by atoms with Gasteiger partial charge in [-0.25, -0.2) is 9.78 Å². The van der Waals surface area contributed by atoms with E-state index in [1.165, 1.54) is 11.3 Å². The lowest BCUT2D eigenvalue weighted by Crippen LogP contribution is -2.26. The first kappa shape index (κ1) is 16.1. The second-order valence-corrected chi connectivity index (χ2v) is 6.94. The summed E-state index contributed by atoms with van der Waals surface area (Å²) in [5.41, 5.74) is 2.21. The van der Waals surface area contributed by atoms with Crippen molar-refractivity contribution in [3.05, 3.63) is 51.3 Å². The number of aliphatic hydroxyl groups excluding tert-OH is 1. The molecular formula is C18H18N2O4S. The van der Waals surface area contributed by atoms with Crippen LogP contribution in [-0.2, 0) is 12.8 Å². The Morgan fingerprint density at radius 2 is 2.24 bits per heavy atom. The fourth-order valence-corrected chi connectivity index (χ4v) is 3.66. The second-order valence-electron chi connectivity index (χ2n) is 6.04. The van der Waals surface area contributed by atoms with Gasteiger partial charge in [0, 0.05) is 35.1 Å².